The summed E-state index contributed by atoms with van der Waals surface area (Å²) in [5.41, 5.74) is 2.29. The van der Waals surface area contributed by atoms with Gasteiger partial charge < -0.3 is 5.11 Å². The van der Waals surface area contributed by atoms with Gasteiger partial charge in [0.1, 0.15) is 11.6 Å². The van der Waals surface area contributed by atoms with E-state index in [4.69, 9.17) is 0 Å². The van der Waals surface area contributed by atoms with Gasteiger partial charge in [0.2, 0.25) is 0 Å². The highest BCUT2D eigenvalue weighted by molar-refractivity contribution is 5.26. The number of benzene rings is 2. The summed E-state index contributed by atoms with van der Waals surface area (Å²) in [4.78, 5) is 0. The van der Waals surface area contributed by atoms with Crippen molar-refractivity contribution in [2.24, 2.45) is 0 Å². The van der Waals surface area contributed by atoms with Crippen LogP contribution in [0, 0.1) is 18.6 Å². The number of aryl methyl sites for hydroxylation is 1. The fourth-order valence-corrected chi connectivity index (χ4v) is 1.86. The molecule has 1 unspecified atom stereocenters. The van der Waals surface area contributed by atoms with E-state index in [0.29, 0.717) is 5.56 Å². The summed E-state index contributed by atoms with van der Waals surface area (Å²) < 4.78 is 26.0. The van der Waals surface area contributed by atoms with Gasteiger partial charge in [0.05, 0.1) is 6.10 Å². The lowest BCUT2D eigenvalue weighted by Crippen LogP contribution is -2.02. The lowest BCUT2D eigenvalue weighted by atomic mass is 10.0. The van der Waals surface area contributed by atoms with Crippen LogP contribution >= 0.6 is 0 Å². The van der Waals surface area contributed by atoms with Crippen molar-refractivity contribution in [1.82, 2.24) is 0 Å². The van der Waals surface area contributed by atoms with Crippen molar-refractivity contribution >= 4 is 0 Å². The van der Waals surface area contributed by atoms with E-state index in [1.807, 2.05) is 31.2 Å². The number of aliphatic hydroxyl groups is 1. The molecule has 3 heteroatoms. The number of rotatable bonds is 3. The first-order valence-corrected chi connectivity index (χ1v) is 5.74. The summed E-state index contributed by atoms with van der Waals surface area (Å²) in [7, 11) is 0. The normalized spacial score (nSPS) is 12.4. The Balaban J connectivity index is 2.15. The largest absolute Gasteiger partial charge is 0.388 e. The van der Waals surface area contributed by atoms with Gasteiger partial charge in [0, 0.05) is 12.5 Å². The zero-order valence-corrected chi connectivity index (χ0v) is 10.0. The molecular formula is C15H14F2O. The predicted molar refractivity (Wildman–Crippen MR) is 66.2 cm³/mol. The van der Waals surface area contributed by atoms with E-state index in [1.165, 1.54) is 12.1 Å². The van der Waals surface area contributed by atoms with Crippen LogP contribution in [0.1, 0.15) is 22.8 Å². The van der Waals surface area contributed by atoms with E-state index in [-0.39, 0.29) is 6.42 Å². The SMILES string of the molecule is Cc1ccc(C(O)Cc2cc(F)cc(F)c2)cc1. The van der Waals surface area contributed by atoms with Crippen molar-refractivity contribution in [3.8, 4) is 0 Å². The van der Waals surface area contributed by atoms with Crippen LogP contribution in [0.3, 0.4) is 0 Å². The highest BCUT2D eigenvalue weighted by Gasteiger charge is 2.10. The first-order valence-electron chi connectivity index (χ1n) is 5.74. The lowest BCUT2D eigenvalue weighted by Gasteiger charge is -2.11. The van der Waals surface area contributed by atoms with Gasteiger partial charge in [-0.1, -0.05) is 29.8 Å². The molecule has 2 rings (SSSR count). The van der Waals surface area contributed by atoms with Crippen LogP contribution in [-0.4, -0.2) is 5.11 Å². The predicted octanol–water partition coefficient (Wildman–Crippen LogP) is 3.55. The van der Waals surface area contributed by atoms with Gasteiger partial charge in [0.25, 0.3) is 0 Å². The van der Waals surface area contributed by atoms with Gasteiger partial charge in [-0.2, -0.15) is 0 Å². The summed E-state index contributed by atoms with van der Waals surface area (Å²) in [6, 6.07) is 10.7. The molecule has 0 heterocycles. The van der Waals surface area contributed by atoms with Crippen LogP contribution in [-0.2, 0) is 6.42 Å². The van der Waals surface area contributed by atoms with E-state index < -0.39 is 17.7 Å². The molecule has 0 amide bonds. The average molecular weight is 248 g/mol. The fourth-order valence-electron chi connectivity index (χ4n) is 1.86. The van der Waals surface area contributed by atoms with Gasteiger partial charge in [-0.25, -0.2) is 8.78 Å². The van der Waals surface area contributed by atoms with Gasteiger partial charge in [0.15, 0.2) is 0 Å². The van der Waals surface area contributed by atoms with Gasteiger partial charge in [-0.3, -0.25) is 0 Å². The molecule has 1 nitrogen and oxygen atoms in total. The molecule has 0 aromatic heterocycles. The molecule has 0 saturated heterocycles. The van der Waals surface area contributed by atoms with Gasteiger partial charge >= 0.3 is 0 Å². The summed E-state index contributed by atoms with van der Waals surface area (Å²) in [5, 5.41) is 10.0. The second kappa shape index (κ2) is 5.27. The Bertz CT molecular complexity index is 514. The highest BCUT2D eigenvalue weighted by atomic mass is 19.1. The monoisotopic (exact) mass is 248 g/mol. The molecule has 0 radical (unpaired) electrons. The number of hydrogen-bond acceptors (Lipinski definition) is 1. The van der Waals surface area contributed by atoms with Crippen LogP contribution in [0.4, 0.5) is 8.78 Å². The van der Waals surface area contributed by atoms with Crippen molar-refractivity contribution in [3.05, 3.63) is 70.8 Å². The number of aliphatic hydroxyl groups excluding tert-OH is 1. The summed E-state index contributed by atoms with van der Waals surface area (Å²) in [5.74, 6) is -1.25. The molecule has 2 aromatic carbocycles. The molecule has 0 spiro atoms. The Hall–Kier alpha value is -1.74. The Kier molecular flexibility index (Phi) is 3.72. The summed E-state index contributed by atoms with van der Waals surface area (Å²) in [6.07, 6.45) is -0.565. The minimum Gasteiger partial charge on any atom is -0.388 e. The topological polar surface area (TPSA) is 20.2 Å². The molecule has 0 bridgehead atoms. The lowest BCUT2D eigenvalue weighted by molar-refractivity contribution is 0.178. The minimum atomic E-state index is -0.758. The molecular weight excluding hydrogens is 234 g/mol. The fraction of sp³-hybridized carbons (Fsp3) is 0.200. The second-order valence-corrected chi connectivity index (χ2v) is 4.41. The molecule has 0 saturated carbocycles. The zero-order chi connectivity index (χ0) is 13.1. The average Bonchev–Trinajstić information content (AvgIpc) is 2.28. The molecule has 1 atom stereocenters. The molecule has 0 aliphatic heterocycles. The zero-order valence-electron chi connectivity index (χ0n) is 10.0. The van der Waals surface area contributed by atoms with Crippen molar-refractivity contribution in [1.29, 1.82) is 0 Å². The van der Waals surface area contributed by atoms with Crippen molar-refractivity contribution in [3.63, 3.8) is 0 Å². The van der Waals surface area contributed by atoms with E-state index in [9.17, 15) is 13.9 Å². The Morgan fingerprint density at radius 2 is 1.56 bits per heavy atom. The van der Waals surface area contributed by atoms with Crippen LogP contribution in [0.25, 0.3) is 0 Å². The van der Waals surface area contributed by atoms with Crippen molar-refractivity contribution < 1.29 is 13.9 Å². The van der Waals surface area contributed by atoms with E-state index in [0.717, 1.165) is 17.2 Å². The first-order chi connectivity index (χ1) is 8.54. The third-order valence-corrected chi connectivity index (χ3v) is 2.81. The standard InChI is InChI=1S/C15H14F2O/c1-10-2-4-12(5-3-10)15(18)8-11-6-13(16)9-14(17)7-11/h2-7,9,15,18H,8H2,1H3. The molecule has 94 valence electrons. The van der Waals surface area contributed by atoms with Crippen molar-refractivity contribution in [2.45, 2.75) is 19.4 Å². The molecule has 0 aliphatic carbocycles. The van der Waals surface area contributed by atoms with E-state index >= 15 is 0 Å². The Morgan fingerprint density at radius 1 is 1.00 bits per heavy atom. The summed E-state index contributed by atoms with van der Waals surface area (Å²) in [6.45, 7) is 1.96. The molecule has 18 heavy (non-hydrogen) atoms. The molecule has 1 N–H and O–H groups in total. The van der Waals surface area contributed by atoms with Crippen LogP contribution < -0.4 is 0 Å². The van der Waals surface area contributed by atoms with Crippen molar-refractivity contribution in [2.75, 3.05) is 0 Å². The number of halogens is 2. The Morgan fingerprint density at radius 3 is 2.11 bits per heavy atom. The van der Waals surface area contributed by atoms with Crippen LogP contribution in [0.5, 0.6) is 0 Å². The van der Waals surface area contributed by atoms with Crippen LogP contribution in [0.2, 0.25) is 0 Å². The Labute approximate surface area is 105 Å². The molecule has 0 aliphatic rings. The van der Waals surface area contributed by atoms with Gasteiger partial charge in [-0.05, 0) is 30.2 Å². The molecule has 0 fully saturated rings. The van der Waals surface area contributed by atoms with Gasteiger partial charge in [-0.15, -0.1) is 0 Å². The highest BCUT2D eigenvalue weighted by Crippen LogP contribution is 2.20. The summed E-state index contributed by atoms with van der Waals surface area (Å²) >= 11 is 0. The maximum absolute atomic E-state index is 13.0. The smallest absolute Gasteiger partial charge is 0.126 e. The minimum absolute atomic E-state index is 0.192. The van der Waals surface area contributed by atoms with Crippen LogP contribution in [0.15, 0.2) is 42.5 Å². The first kappa shape index (κ1) is 12.7. The number of hydrogen-bond donors (Lipinski definition) is 1. The second-order valence-electron chi connectivity index (χ2n) is 4.41. The van der Waals surface area contributed by atoms with E-state index in [2.05, 4.69) is 0 Å². The maximum atomic E-state index is 13.0. The van der Waals surface area contributed by atoms with E-state index in [1.54, 1.807) is 0 Å². The third kappa shape index (κ3) is 3.14. The molecule has 2 aromatic rings. The maximum Gasteiger partial charge on any atom is 0.126 e. The third-order valence-electron chi connectivity index (χ3n) is 2.81. The quantitative estimate of drug-likeness (QED) is 0.880.